The van der Waals surface area contributed by atoms with E-state index in [0.717, 1.165) is 24.6 Å². The van der Waals surface area contributed by atoms with Crippen molar-refractivity contribution in [3.8, 4) is 0 Å². The molecule has 0 bridgehead atoms. The number of rotatable bonds is 4. The van der Waals surface area contributed by atoms with Crippen LogP contribution in [0.3, 0.4) is 0 Å². The molecular weight excluding hydrogens is 435 g/mol. The summed E-state index contributed by atoms with van der Waals surface area (Å²) in [7, 11) is 0. The zero-order chi connectivity index (χ0) is 23.1. The first-order valence-electron chi connectivity index (χ1n) is 10.2. The summed E-state index contributed by atoms with van der Waals surface area (Å²) in [4.78, 5) is 43.1. The van der Waals surface area contributed by atoms with Crippen molar-refractivity contribution in [2.24, 2.45) is 5.92 Å². The quantitative estimate of drug-likeness (QED) is 0.690. The smallest absolute Gasteiger partial charge is 0.337 e. The van der Waals surface area contributed by atoms with E-state index < -0.39 is 34.9 Å². The minimum atomic E-state index is -4.62. The van der Waals surface area contributed by atoms with Gasteiger partial charge in [-0.2, -0.15) is 13.2 Å². The SMILES string of the molecule is CCC(C)CN1CC2N(C(=O)c3ccc(C(F)(F)F)c(Cl)c3)CCC(=O)N2C(C)C1=O. The van der Waals surface area contributed by atoms with Gasteiger partial charge in [0.05, 0.1) is 17.1 Å². The molecular formula is C21H25ClF3N3O3. The second-order valence-electron chi connectivity index (χ2n) is 8.16. The third-order valence-corrected chi connectivity index (χ3v) is 6.33. The van der Waals surface area contributed by atoms with Gasteiger partial charge < -0.3 is 14.7 Å². The summed E-state index contributed by atoms with van der Waals surface area (Å²) in [5.41, 5.74) is -1.01. The molecule has 2 heterocycles. The van der Waals surface area contributed by atoms with Gasteiger partial charge in [0.1, 0.15) is 12.2 Å². The van der Waals surface area contributed by atoms with Gasteiger partial charge in [-0.05, 0) is 31.0 Å². The normalized spacial score (nSPS) is 23.1. The van der Waals surface area contributed by atoms with E-state index in [4.69, 9.17) is 11.6 Å². The molecule has 2 aliphatic rings. The minimum Gasteiger partial charge on any atom is -0.337 e. The molecule has 2 fully saturated rings. The molecule has 10 heteroatoms. The number of carbonyl (C=O) groups excluding carboxylic acids is 3. The van der Waals surface area contributed by atoms with Gasteiger partial charge in [0.2, 0.25) is 11.8 Å². The number of fused-ring (bicyclic) bond motifs is 1. The van der Waals surface area contributed by atoms with E-state index in [2.05, 4.69) is 0 Å². The van der Waals surface area contributed by atoms with Crippen molar-refractivity contribution in [2.45, 2.75) is 52.0 Å². The summed E-state index contributed by atoms with van der Waals surface area (Å²) in [6, 6.07) is 2.15. The Bertz CT molecular complexity index is 892. The van der Waals surface area contributed by atoms with Crippen LogP contribution in [0.25, 0.3) is 0 Å². The molecule has 1 aromatic carbocycles. The van der Waals surface area contributed by atoms with Gasteiger partial charge in [-0.25, -0.2) is 0 Å². The molecule has 0 spiro atoms. The van der Waals surface area contributed by atoms with Crippen LogP contribution < -0.4 is 0 Å². The summed E-state index contributed by atoms with van der Waals surface area (Å²) in [6.07, 6.45) is -4.38. The second kappa shape index (κ2) is 8.68. The van der Waals surface area contributed by atoms with Crippen molar-refractivity contribution in [1.29, 1.82) is 0 Å². The molecule has 6 nitrogen and oxygen atoms in total. The highest BCUT2D eigenvalue weighted by molar-refractivity contribution is 6.31. The maximum atomic E-state index is 13.2. The Balaban J connectivity index is 1.90. The minimum absolute atomic E-state index is 0.00493. The zero-order valence-electron chi connectivity index (χ0n) is 17.6. The molecule has 3 rings (SSSR count). The lowest BCUT2D eigenvalue weighted by molar-refractivity contribution is -0.166. The number of benzene rings is 1. The Hall–Kier alpha value is -2.29. The van der Waals surface area contributed by atoms with Gasteiger partial charge in [-0.3, -0.25) is 14.4 Å². The van der Waals surface area contributed by atoms with Gasteiger partial charge in [0, 0.05) is 25.1 Å². The van der Waals surface area contributed by atoms with Gasteiger partial charge in [-0.15, -0.1) is 0 Å². The molecule has 1 aromatic rings. The van der Waals surface area contributed by atoms with Gasteiger partial charge in [-0.1, -0.05) is 31.9 Å². The number of hydrogen-bond donors (Lipinski definition) is 0. The van der Waals surface area contributed by atoms with Crippen LogP contribution in [0.2, 0.25) is 5.02 Å². The monoisotopic (exact) mass is 459 g/mol. The Morgan fingerprint density at radius 1 is 1.29 bits per heavy atom. The van der Waals surface area contributed by atoms with Gasteiger partial charge in [0.25, 0.3) is 5.91 Å². The number of halogens is 4. The lowest BCUT2D eigenvalue weighted by atomic mass is 10.0. The van der Waals surface area contributed by atoms with Crippen LogP contribution in [0.1, 0.15) is 49.5 Å². The lowest BCUT2D eigenvalue weighted by Gasteiger charge is -2.51. The number of piperazine rings is 1. The Labute approximate surface area is 183 Å². The highest BCUT2D eigenvalue weighted by Gasteiger charge is 2.47. The van der Waals surface area contributed by atoms with E-state index in [0.29, 0.717) is 6.54 Å². The molecule has 3 atom stereocenters. The maximum absolute atomic E-state index is 13.2. The van der Waals surface area contributed by atoms with E-state index >= 15 is 0 Å². The predicted octanol–water partition coefficient (Wildman–Crippen LogP) is 3.64. The Morgan fingerprint density at radius 2 is 1.97 bits per heavy atom. The maximum Gasteiger partial charge on any atom is 0.417 e. The fourth-order valence-corrected chi connectivity index (χ4v) is 4.38. The van der Waals surface area contributed by atoms with Crippen molar-refractivity contribution in [2.75, 3.05) is 19.6 Å². The first-order valence-corrected chi connectivity index (χ1v) is 10.6. The van der Waals surface area contributed by atoms with Crippen LogP contribution in [-0.2, 0) is 15.8 Å². The summed E-state index contributed by atoms with van der Waals surface area (Å²) >= 11 is 5.79. The van der Waals surface area contributed by atoms with Gasteiger partial charge >= 0.3 is 6.18 Å². The lowest BCUT2D eigenvalue weighted by Crippen LogP contribution is -2.70. The highest BCUT2D eigenvalue weighted by atomic mass is 35.5. The highest BCUT2D eigenvalue weighted by Crippen LogP contribution is 2.35. The van der Waals surface area contributed by atoms with Crippen LogP contribution in [0, 0.1) is 5.92 Å². The second-order valence-corrected chi connectivity index (χ2v) is 8.56. The fourth-order valence-electron chi connectivity index (χ4n) is 4.09. The average Bonchev–Trinajstić information content (AvgIpc) is 2.70. The topological polar surface area (TPSA) is 60.9 Å². The third kappa shape index (κ3) is 4.51. The van der Waals surface area contributed by atoms with Crippen LogP contribution in [0.4, 0.5) is 13.2 Å². The first-order chi connectivity index (χ1) is 14.5. The van der Waals surface area contributed by atoms with Crippen molar-refractivity contribution >= 4 is 29.3 Å². The fraction of sp³-hybridized carbons (Fsp3) is 0.571. The van der Waals surface area contributed by atoms with E-state index in [1.807, 2.05) is 13.8 Å². The summed E-state index contributed by atoms with van der Waals surface area (Å²) < 4.78 is 39.0. The van der Waals surface area contributed by atoms with E-state index in [1.54, 1.807) is 11.8 Å². The molecule has 31 heavy (non-hydrogen) atoms. The zero-order valence-corrected chi connectivity index (χ0v) is 18.3. The van der Waals surface area contributed by atoms with Crippen molar-refractivity contribution in [3.05, 3.63) is 34.3 Å². The number of carbonyl (C=O) groups is 3. The third-order valence-electron chi connectivity index (χ3n) is 6.02. The van der Waals surface area contributed by atoms with Crippen LogP contribution in [0.15, 0.2) is 18.2 Å². The van der Waals surface area contributed by atoms with Gasteiger partial charge in [0.15, 0.2) is 0 Å². The Morgan fingerprint density at radius 3 is 2.55 bits per heavy atom. The molecule has 0 N–H and O–H groups in total. The molecule has 2 aliphatic heterocycles. The molecule has 2 saturated heterocycles. The van der Waals surface area contributed by atoms with Crippen molar-refractivity contribution in [1.82, 2.24) is 14.7 Å². The average molecular weight is 460 g/mol. The van der Waals surface area contributed by atoms with Crippen LogP contribution in [0.5, 0.6) is 0 Å². The van der Waals surface area contributed by atoms with E-state index in [-0.39, 0.29) is 42.8 Å². The summed E-state index contributed by atoms with van der Waals surface area (Å²) in [5.74, 6) is -0.664. The summed E-state index contributed by atoms with van der Waals surface area (Å²) in [5, 5.41) is -0.561. The number of amides is 3. The molecule has 3 amide bonds. The van der Waals surface area contributed by atoms with E-state index in [1.165, 1.54) is 9.80 Å². The number of alkyl halides is 3. The predicted molar refractivity (Wildman–Crippen MR) is 108 cm³/mol. The molecule has 0 radical (unpaired) electrons. The van der Waals surface area contributed by atoms with Crippen LogP contribution in [-0.4, -0.2) is 64.3 Å². The molecule has 0 aliphatic carbocycles. The van der Waals surface area contributed by atoms with Crippen LogP contribution >= 0.6 is 11.6 Å². The molecule has 0 aromatic heterocycles. The number of nitrogens with zero attached hydrogens (tertiary/aromatic N) is 3. The van der Waals surface area contributed by atoms with Crippen molar-refractivity contribution in [3.63, 3.8) is 0 Å². The molecule has 0 saturated carbocycles. The number of hydrogen-bond acceptors (Lipinski definition) is 3. The standard InChI is InChI=1S/C21H25ClF3N3O3/c1-4-12(2)10-26-11-17-27(8-7-18(29)28(17)13(3)19(26)30)20(31)14-5-6-15(16(22)9-14)21(23,24)25/h5-6,9,12-13,17H,4,7-8,10-11H2,1-3H3. The molecule has 3 unspecified atom stereocenters. The first kappa shape index (κ1) is 23.4. The Kier molecular flexibility index (Phi) is 6.55. The van der Waals surface area contributed by atoms with E-state index in [9.17, 15) is 27.6 Å². The van der Waals surface area contributed by atoms with Crippen molar-refractivity contribution < 1.29 is 27.6 Å². The largest absolute Gasteiger partial charge is 0.417 e. The molecule has 170 valence electrons. The summed E-state index contributed by atoms with van der Waals surface area (Å²) in [6.45, 7) is 6.47.